The summed E-state index contributed by atoms with van der Waals surface area (Å²) in [5.41, 5.74) is 7.04. The van der Waals surface area contributed by atoms with Gasteiger partial charge < -0.3 is 11.1 Å². The average Bonchev–Trinajstić information content (AvgIpc) is 2.99. The Morgan fingerprint density at radius 3 is 2.75 bits per heavy atom. The topological polar surface area (TPSA) is 98.7 Å². The fourth-order valence-corrected chi connectivity index (χ4v) is 1.80. The number of aromatic nitrogens is 4. The first kappa shape index (κ1) is 14.1. The number of amides is 1. The lowest BCUT2D eigenvalue weighted by molar-refractivity contribution is -0.119. The third-order valence-electron chi connectivity index (χ3n) is 3.04. The summed E-state index contributed by atoms with van der Waals surface area (Å²) in [6, 6.07) is 7.34. The van der Waals surface area contributed by atoms with Crippen LogP contribution in [0.15, 0.2) is 30.6 Å². The molecule has 0 fully saturated rings. The fourth-order valence-electron chi connectivity index (χ4n) is 1.80. The molecule has 2 aromatic rings. The molecule has 0 aliphatic heterocycles. The Hall–Kier alpha value is -2.28. The van der Waals surface area contributed by atoms with Crippen molar-refractivity contribution in [2.45, 2.75) is 19.8 Å². The van der Waals surface area contributed by atoms with Crippen molar-refractivity contribution in [2.75, 3.05) is 11.9 Å². The second-order valence-electron chi connectivity index (χ2n) is 4.62. The van der Waals surface area contributed by atoms with E-state index in [4.69, 9.17) is 5.73 Å². The highest BCUT2D eigenvalue weighted by atomic mass is 16.1. The zero-order chi connectivity index (χ0) is 14.4. The van der Waals surface area contributed by atoms with Gasteiger partial charge in [0, 0.05) is 11.6 Å². The SMILES string of the molecule is CC(CCCN)C(=O)Nc1ccc(-n2cnnn2)cc1. The van der Waals surface area contributed by atoms with Crippen molar-refractivity contribution in [1.82, 2.24) is 20.2 Å². The van der Waals surface area contributed by atoms with Gasteiger partial charge in [0.15, 0.2) is 0 Å². The Balaban J connectivity index is 1.95. The van der Waals surface area contributed by atoms with Gasteiger partial charge in [-0.3, -0.25) is 4.79 Å². The summed E-state index contributed by atoms with van der Waals surface area (Å²) in [6.45, 7) is 2.51. The summed E-state index contributed by atoms with van der Waals surface area (Å²) in [4.78, 5) is 11.9. The predicted molar refractivity (Wildman–Crippen MR) is 75.2 cm³/mol. The van der Waals surface area contributed by atoms with Crippen molar-refractivity contribution in [3.05, 3.63) is 30.6 Å². The maximum Gasteiger partial charge on any atom is 0.227 e. The molecule has 0 spiro atoms. The van der Waals surface area contributed by atoms with Crippen molar-refractivity contribution in [3.8, 4) is 5.69 Å². The van der Waals surface area contributed by atoms with Crippen molar-refractivity contribution in [2.24, 2.45) is 11.7 Å². The summed E-state index contributed by atoms with van der Waals surface area (Å²) < 4.78 is 1.55. The number of nitrogens with one attached hydrogen (secondary N) is 1. The second-order valence-corrected chi connectivity index (χ2v) is 4.62. The van der Waals surface area contributed by atoms with Crippen LogP contribution in [0, 0.1) is 5.92 Å². The predicted octanol–water partition coefficient (Wildman–Crippen LogP) is 0.976. The Kier molecular flexibility index (Phi) is 4.78. The van der Waals surface area contributed by atoms with Gasteiger partial charge in [0.2, 0.25) is 5.91 Å². The number of nitrogens with two attached hydrogens (primary N) is 1. The number of nitrogens with zero attached hydrogens (tertiary/aromatic N) is 4. The number of carbonyl (C=O) groups excluding carboxylic acids is 1. The number of anilines is 1. The highest BCUT2D eigenvalue weighted by Gasteiger charge is 2.12. The largest absolute Gasteiger partial charge is 0.330 e. The van der Waals surface area contributed by atoms with Crippen LogP contribution in [-0.2, 0) is 4.79 Å². The molecule has 1 unspecified atom stereocenters. The van der Waals surface area contributed by atoms with Crippen LogP contribution in [0.3, 0.4) is 0 Å². The first-order valence-corrected chi connectivity index (χ1v) is 6.55. The van der Waals surface area contributed by atoms with E-state index < -0.39 is 0 Å². The van der Waals surface area contributed by atoms with Crippen LogP contribution < -0.4 is 11.1 Å². The molecule has 1 heterocycles. The minimum absolute atomic E-state index is 0.00798. The molecule has 106 valence electrons. The van der Waals surface area contributed by atoms with Gasteiger partial charge in [0.05, 0.1) is 5.69 Å². The monoisotopic (exact) mass is 274 g/mol. The molecule has 7 heteroatoms. The Bertz CT molecular complexity index is 536. The first-order chi connectivity index (χ1) is 9.70. The zero-order valence-electron chi connectivity index (χ0n) is 11.4. The van der Waals surface area contributed by atoms with Gasteiger partial charge in [0.25, 0.3) is 0 Å². The van der Waals surface area contributed by atoms with E-state index in [9.17, 15) is 4.79 Å². The van der Waals surface area contributed by atoms with Gasteiger partial charge >= 0.3 is 0 Å². The molecule has 0 saturated heterocycles. The maximum atomic E-state index is 11.9. The van der Waals surface area contributed by atoms with Crippen molar-refractivity contribution >= 4 is 11.6 Å². The molecule has 0 radical (unpaired) electrons. The molecule has 7 nitrogen and oxygen atoms in total. The summed E-state index contributed by atoms with van der Waals surface area (Å²) >= 11 is 0. The van der Waals surface area contributed by atoms with Crippen LogP contribution in [0.2, 0.25) is 0 Å². The zero-order valence-corrected chi connectivity index (χ0v) is 11.4. The van der Waals surface area contributed by atoms with Gasteiger partial charge in [-0.15, -0.1) is 5.10 Å². The summed E-state index contributed by atoms with van der Waals surface area (Å²) in [5.74, 6) is -0.0358. The van der Waals surface area contributed by atoms with E-state index in [1.54, 1.807) is 4.68 Å². The smallest absolute Gasteiger partial charge is 0.227 e. The van der Waals surface area contributed by atoms with Gasteiger partial charge in [-0.1, -0.05) is 6.92 Å². The number of hydrogen-bond acceptors (Lipinski definition) is 5. The lowest BCUT2D eigenvalue weighted by Crippen LogP contribution is -2.21. The molecule has 0 aliphatic carbocycles. The van der Waals surface area contributed by atoms with E-state index in [1.165, 1.54) is 6.33 Å². The number of carbonyl (C=O) groups is 1. The lowest BCUT2D eigenvalue weighted by Gasteiger charge is -2.11. The number of tetrazole rings is 1. The number of hydrogen-bond donors (Lipinski definition) is 2. The van der Waals surface area contributed by atoms with E-state index >= 15 is 0 Å². The molecule has 1 aromatic heterocycles. The summed E-state index contributed by atoms with van der Waals surface area (Å²) in [6.07, 6.45) is 3.17. The minimum atomic E-state index is -0.0438. The van der Waals surface area contributed by atoms with Crippen LogP contribution >= 0.6 is 0 Å². The molecular formula is C13H18N6O. The molecule has 1 aromatic carbocycles. The molecule has 1 atom stereocenters. The van der Waals surface area contributed by atoms with Gasteiger partial charge in [0.1, 0.15) is 6.33 Å². The molecule has 3 N–H and O–H groups in total. The van der Waals surface area contributed by atoms with Gasteiger partial charge in [-0.25, -0.2) is 4.68 Å². The van der Waals surface area contributed by atoms with E-state index in [0.29, 0.717) is 6.54 Å². The van der Waals surface area contributed by atoms with Crippen LogP contribution in [0.4, 0.5) is 5.69 Å². The summed E-state index contributed by atoms with van der Waals surface area (Å²) in [5, 5.41) is 13.8. The Morgan fingerprint density at radius 1 is 1.40 bits per heavy atom. The summed E-state index contributed by atoms with van der Waals surface area (Å²) in [7, 11) is 0. The van der Waals surface area contributed by atoms with Crippen LogP contribution in [0.5, 0.6) is 0 Å². The molecule has 0 aliphatic rings. The van der Waals surface area contributed by atoms with Crippen molar-refractivity contribution in [1.29, 1.82) is 0 Å². The quantitative estimate of drug-likeness (QED) is 0.818. The van der Waals surface area contributed by atoms with Gasteiger partial charge in [-0.05, 0) is 54.1 Å². The van der Waals surface area contributed by atoms with Crippen LogP contribution in [0.25, 0.3) is 5.69 Å². The van der Waals surface area contributed by atoms with Gasteiger partial charge in [-0.2, -0.15) is 0 Å². The molecule has 0 bridgehead atoms. The van der Waals surface area contributed by atoms with Crippen molar-refractivity contribution < 1.29 is 4.79 Å². The third-order valence-corrected chi connectivity index (χ3v) is 3.04. The lowest BCUT2D eigenvalue weighted by atomic mass is 10.0. The molecule has 2 rings (SSSR count). The third kappa shape index (κ3) is 3.61. The number of rotatable bonds is 6. The standard InChI is InChI=1S/C13H18N6O/c1-10(3-2-8-14)13(20)16-11-4-6-12(7-5-11)19-9-15-17-18-19/h4-7,9-10H,2-3,8,14H2,1H3,(H,16,20). The highest BCUT2D eigenvalue weighted by Crippen LogP contribution is 2.14. The van der Waals surface area contributed by atoms with Crippen molar-refractivity contribution in [3.63, 3.8) is 0 Å². The molecular weight excluding hydrogens is 256 g/mol. The van der Waals surface area contributed by atoms with E-state index in [0.717, 1.165) is 24.2 Å². The van der Waals surface area contributed by atoms with E-state index in [-0.39, 0.29) is 11.8 Å². The van der Waals surface area contributed by atoms with E-state index in [2.05, 4.69) is 20.8 Å². The molecule has 1 amide bonds. The number of benzene rings is 1. The second kappa shape index (κ2) is 6.76. The first-order valence-electron chi connectivity index (χ1n) is 6.55. The van der Waals surface area contributed by atoms with E-state index in [1.807, 2.05) is 31.2 Å². The average molecular weight is 274 g/mol. The van der Waals surface area contributed by atoms with Crippen LogP contribution in [-0.4, -0.2) is 32.7 Å². The highest BCUT2D eigenvalue weighted by molar-refractivity contribution is 5.92. The fraction of sp³-hybridized carbons (Fsp3) is 0.385. The minimum Gasteiger partial charge on any atom is -0.330 e. The Morgan fingerprint density at radius 2 is 2.15 bits per heavy atom. The normalized spacial score (nSPS) is 12.1. The van der Waals surface area contributed by atoms with Crippen LogP contribution in [0.1, 0.15) is 19.8 Å². The molecule has 20 heavy (non-hydrogen) atoms. The Labute approximate surface area is 117 Å². The molecule has 0 saturated carbocycles. The maximum absolute atomic E-state index is 11.9.